The number of aromatic nitrogens is 1. The largest absolute Gasteiger partial charge is 0.308 e. The van der Waals surface area contributed by atoms with Gasteiger partial charge >= 0.3 is 0 Å². The number of alkyl halides is 1. The van der Waals surface area contributed by atoms with Gasteiger partial charge in [-0.25, -0.2) is 0 Å². The van der Waals surface area contributed by atoms with E-state index in [9.17, 15) is 4.79 Å². The van der Waals surface area contributed by atoms with Gasteiger partial charge in [0.25, 0.3) is 5.56 Å². The monoisotopic (exact) mass is 327 g/mol. The van der Waals surface area contributed by atoms with Crippen LogP contribution < -0.4 is 5.56 Å². The number of halogens is 1. The van der Waals surface area contributed by atoms with Crippen LogP contribution in [-0.2, 0) is 6.54 Å². The Morgan fingerprint density at radius 3 is 2.75 bits per heavy atom. The van der Waals surface area contributed by atoms with Crippen molar-refractivity contribution in [1.29, 1.82) is 0 Å². The van der Waals surface area contributed by atoms with E-state index in [0.29, 0.717) is 5.92 Å². The van der Waals surface area contributed by atoms with Gasteiger partial charge in [-0.2, -0.15) is 0 Å². The third-order valence-corrected chi connectivity index (χ3v) is 4.16. The number of rotatable bonds is 3. The summed E-state index contributed by atoms with van der Waals surface area (Å²) in [5, 5.41) is 1.13. The van der Waals surface area contributed by atoms with Gasteiger partial charge in [0.2, 0.25) is 0 Å². The molecular weight excluding hydrogens is 313 g/mol. The number of fused-ring (bicyclic) bond motifs is 1. The fourth-order valence-electron chi connectivity index (χ4n) is 1.79. The van der Waals surface area contributed by atoms with Gasteiger partial charge in [-0.1, -0.05) is 47.7 Å². The van der Waals surface area contributed by atoms with Crippen LogP contribution in [0.3, 0.4) is 0 Å². The van der Waals surface area contributed by atoms with Crippen molar-refractivity contribution < 1.29 is 0 Å². The number of hydrogen-bond donors (Lipinski definition) is 0. The first-order valence-corrected chi connectivity index (χ1v) is 6.89. The van der Waals surface area contributed by atoms with Gasteiger partial charge in [-0.15, -0.1) is 0 Å². The van der Waals surface area contributed by atoms with E-state index in [1.807, 2.05) is 34.9 Å². The van der Waals surface area contributed by atoms with Crippen LogP contribution in [0.15, 0.2) is 41.2 Å². The van der Waals surface area contributed by atoms with Gasteiger partial charge in [0.1, 0.15) is 0 Å². The first kappa shape index (κ1) is 11.6. The maximum Gasteiger partial charge on any atom is 0.251 e. The lowest BCUT2D eigenvalue weighted by molar-refractivity contribution is 0.537. The average Bonchev–Trinajstić information content (AvgIpc) is 2.32. The standard InChI is InChI=1S/C13H14INO/c1-10(8-14)9-15-12-5-3-2-4-11(12)6-7-13(15)16/h2-7,10H,8-9H2,1H3. The van der Waals surface area contributed by atoms with Gasteiger partial charge in [-0.3, -0.25) is 4.79 Å². The van der Waals surface area contributed by atoms with Crippen molar-refractivity contribution in [3.63, 3.8) is 0 Å². The van der Waals surface area contributed by atoms with Crippen molar-refractivity contribution in [3.8, 4) is 0 Å². The Morgan fingerprint density at radius 2 is 2.00 bits per heavy atom. The number of nitrogens with zero attached hydrogens (tertiary/aromatic N) is 1. The smallest absolute Gasteiger partial charge is 0.251 e. The first-order chi connectivity index (χ1) is 7.72. The van der Waals surface area contributed by atoms with Crippen LogP contribution in [0.25, 0.3) is 10.9 Å². The third-order valence-electron chi connectivity index (χ3n) is 2.66. The summed E-state index contributed by atoms with van der Waals surface area (Å²) in [6.45, 7) is 2.96. The molecule has 0 fully saturated rings. The van der Waals surface area contributed by atoms with Crippen LogP contribution in [0.4, 0.5) is 0 Å². The van der Waals surface area contributed by atoms with E-state index in [4.69, 9.17) is 0 Å². The maximum atomic E-state index is 11.8. The molecule has 0 amide bonds. The average molecular weight is 327 g/mol. The van der Waals surface area contributed by atoms with Crippen LogP contribution in [-0.4, -0.2) is 8.99 Å². The number of benzene rings is 1. The van der Waals surface area contributed by atoms with Crippen LogP contribution in [0.2, 0.25) is 0 Å². The highest BCUT2D eigenvalue weighted by atomic mass is 127. The highest BCUT2D eigenvalue weighted by Crippen LogP contribution is 2.13. The van der Waals surface area contributed by atoms with Gasteiger partial charge in [0.15, 0.2) is 0 Å². The lowest BCUT2D eigenvalue weighted by Gasteiger charge is -2.13. The summed E-state index contributed by atoms with van der Waals surface area (Å²) in [6.07, 6.45) is 0. The first-order valence-electron chi connectivity index (χ1n) is 5.37. The third kappa shape index (κ3) is 2.29. The van der Waals surface area contributed by atoms with E-state index in [1.165, 1.54) is 0 Å². The molecule has 1 atom stereocenters. The summed E-state index contributed by atoms with van der Waals surface area (Å²) >= 11 is 2.36. The fourth-order valence-corrected chi connectivity index (χ4v) is 2.07. The van der Waals surface area contributed by atoms with E-state index in [2.05, 4.69) is 29.5 Å². The molecule has 2 aromatic rings. The molecule has 1 aromatic carbocycles. The van der Waals surface area contributed by atoms with Gasteiger partial charge in [0, 0.05) is 17.0 Å². The summed E-state index contributed by atoms with van der Waals surface area (Å²) < 4.78 is 2.94. The van der Waals surface area contributed by atoms with Crippen molar-refractivity contribution >= 4 is 33.5 Å². The second-order valence-electron chi connectivity index (χ2n) is 4.10. The molecule has 16 heavy (non-hydrogen) atoms. The molecule has 0 aliphatic heterocycles. The number of pyridine rings is 1. The second kappa shape index (κ2) is 4.99. The molecule has 84 valence electrons. The molecule has 0 saturated carbocycles. The lowest BCUT2D eigenvalue weighted by atomic mass is 10.2. The molecule has 2 nitrogen and oxygen atoms in total. The van der Waals surface area contributed by atoms with Crippen molar-refractivity contribution in [2.75, 3.05) is 4.43 Å². The van der Waals surface area contributed by atoms with E-state index >= 15 is 0 Å². The number of hydrogen-bond acceptors (Lipinski definition) is 1. The van der Waals surface area contributed by atoms with Crippen molar-refractivity contribution in [1.82, 2.24) is 4.57 Å². The Morgan fingerprint density at radius 1 is 1.25 bits per heavy atom. The van der Waals surface area contributed by atoms with E-state index < -0.39 is 0 Å². The van der Waals surface area contributed by atoms with Gasteiger partial charge in [-0.05, 0) is 23.4 Å². The zero-order valence-corrected chi connectivity index (χ0v) is 11.3. The molecule has 1 unspecified atom stereocenters. The van der Waals surface area contributed by atoms with Crippen LogP contribution in [0.1, 0.15) is 6.92 Å². The molecule has 1 aromatic heterocycles. The fraction of sp³-hybridized carbons (Fsp3) is 0.308. The van der Waals surface area contributed by atoms with E-state index in [1.54, 1.807) is 6.07 Å². The molecule has 0 saturated heterocycles. The second-order valence-corrected chi connectivity index (χ2v) is 4.98. The summed E-state index contributed by atoms with van der Waals surface area (Å²) in [6, 6.07) is 11.6. The minimum Gasteiger partial charge on any atom is -0.308 e. The minimum atomic E-state index is 0.0930. The Hall–Kier alpha value is -0.840. The maximum absolute atomic E-state index is 11.8. The molecule has 1 heterocycles. The molecule has 0 spiro atoms. The molecule has 0 bridgehead atoms. The minimum absolute atomic E-state index is 0.0930. The Kier molecular flexibility index (Phi) is 3.63. The molecule has 3 heteroatoms. The summed E-state index contributed by atoms with van der Waals surface area (Å²) in [5.41, 5.74) is 1.13. The zero-order chi connectivity index (χ0) is 11.5. The predicted octanol–water partition coefficient (Wildman–Crippen LogP) is 3.07. The van der Waals surface area contributed by atoms with E-state index in [-0.39, 0.29) is 5.56 Å². The highest BCUT2D eigenvalue weighted by Gasteiger charge is 2.06. The van der Waals surface area contributed by atoms with Crippen LogP contribution in [0, 0.1) is 5.92 Å². The zero-order valence-electron chi connectivity index (χ0n) is 9.19. The Labute approximate surface area is 108 Å². The van der Waals surface area contributed by atoms with Gasteiger partial charge < -0.3 is 4.57 Å². The van der Waals surface area contributed by atoms with E-state index in [0.717, 1.165) is 21.9 Å². The lowest BCUT2D eigenvalue weighted by Crippen LogP contribution is -2.23. The van der Waals surface area contributed by atoms with Crippen molar-refractivity contribution in [3.05, 3.63) is 46.8 Å². The number of para-hydroxylation sites is 1. The SMILES string of the molecule is CC(CI)Cn1c(=O)ccc2ccccc21. The summed E-state index contributed by atoms with van der Waals surface area (Å²) in [4.78, 5) is 11.8. The molecular formula is C13H14INO. The molecule has 0 aliphatic rings. The molecule has 2 rings (SSSR count). The normalized spacial score (nSPS) is 12.9. The van der Waals surface area contributed by atoms with Crippen molar-refractivity contribution in [2.45, 2.75) is 13.5 Å². The summed E-state index contributed by atoms with van der Waals surface area (Å²) in [7, 11) is 0. The quantitative estimate of drug-likeness (QED) is 0.627. The van der Waals surface area contributed by atoms with Crippen molar-refractivity contribution in [2.24, 2.45) is 5.92 Å². The molecule has 0 aliphatic carbocycles. The van der Waals surface area contributed by atoms with Crippen LogP contribution in [0.5, 0.6) is 0 Å². The van der Waals surface area contributed by atoms with Crippen LogP contribution >= 0.6 is 22.6 Å². The molecule has 0 N–H and O–H groups in total. The highest BCUT2D eigenvalue weighted by molar-refractivity contribution is 14.1. The van der Waals surface area contributed by atoms with Gasteiger partial charge in [0.05, 0.1) is 5.52 Å². The predicted molar refractivity (Wildman–Crippen MR) is 76.3 cm³/mol. The Balaban J connectivity index is 2.57. The molecule has 0 radical (unpaired) electrons. The Bertz CT molecular complexity index is 547. The topological polar surface area (TPSA) is 22.0 Å². The summed E-state index contributed by atoms with van der Waals surface area (Å²) in [5.74, 6) is 0.518.